The standard InChI is InChI=1S/C10H16BrN3O3S/c1-10(2,18(4,16)17)6-12-7-5-13-14(3)9(15)8(7)11/h5,12H,6H2,1-4H3. The Morgan fingerprint density at radius 2 is 2.06 bits per heavy atom. The van der Waals surface area contributed by atoms with Crippen molar-refractivity contribution >= 4 is 31.5 Å². The molecule has 0 fully saturated rings. The van der Waals surface area contributed by atoms with Gasteiger partial charge in [0.1, 0.15) is 4.47 Å². The van der Waals surface area contributed by atoms with Crippen molar-refractivity contribution in [2.24, 2.45) is 7.05 Å². The molecule has 102 valence electrons. The molecular formula is C10H16BrN3O3S. The summed E-state index contributed by atoms with van der Waals surface area (Å²) in [5.41, 5.74) is 0.201. The molecule has 8 heteroatoms. The first-order valence-corrected chi connectivity index (χ1v) is 7.90. The smallest absolute Gasteiger partial charge is 0.282 e. The van der Waals surface area contributed by atoms with Gasteiger partial charge in [0.25, 0.3) is 5.56 Å². The van der Waals surface area contributed by atoms with Crippen molar-refractivity contribution in [2.45, 2.75) is 18.6 Å². The van der Waals surface area contributed by atoms with Gasteiger partial charge in [-0.1, -0.05) is 0 Å². The van der Waals surface area contributed by atoms with Gasteiger partial charge in [0.2, 0.25) is 0 Å². The predicted molar refractivity (Wildman–Crippen MR) is 74.6 cm³/mol. The summed E-state index contributed by atoms with van der Waals surface area (Å²) >= 11 is 3.16. The summed E-state index contributed by atoms with van der Waals surface area (Å²) in [6.07, 6.45) is 2.66. The van der Waals surface area contributed by atoms with Crippen LogP contribution >= 0.6 is 15.9 Å². The number of hydrogen-bond donors (Lipinski definition) is 1. The maximum absolute atomic E-state index is 11.6. The number of nitrogens with one attached hydrogen (secondary N) is 1. The number of nitrogens with zero attached hydrogens (tertiary/aromatic N) is 2. The van der Waals surface area contributed by atoms with Crippen molar-refractivity contribution < 1.29 is 8.42 Å². The molecule has 1 N–H and O–H groups in total. The molecule has 0 atom stereocenters. The Hall–Kier alpha value is -0.890. The van der Waals surface area contributed by atoms with Crippen LogP contribution in [0.15, 0.2) is 15.5 Å². The lowest BCUT2D eigenvalue weighted by molar-refractivity contribution is 0.559. The third-order valence-electron chi connectivity index (χ3n) is 2.79. The van der Waals surface area contributed by atoms with E-state index in [0.717, 1.165) is 0 Å². The maximum atomic E-state index is 11.6. The summed E-state index contributed by atoms with van der Waals surface area (Å²) in [7, 11) is -1.65. The van der Waals surface area contributed by atoms with Crippen molar-refractivity contribution in [3.05, 3.63) is 21.0 Å². The molecule has 1 aromatic heterocycles. The molecule has 6 nitrogen and oxygen atoms in total. The van der Waals surface area contributed by atoms with Crippen LogP contribution in [0.3, 0.4) is 0 Å². The molecular weight excluding hydrogens is 322 g/mol. The van der Waals surface area contributed by atoms with Crippen LogP contribution in [0.2, 0.25) is 0 Å². The summed E-state index contributed by atoms with van der Waals surface area (Å²) in [6.45, 7) is 3.44. The minimum absolute atomic E-state index is 0.194. The minimum Gasteiger partial charge on any atom is -0.381 e. The van der Waals surface area contributed by atoms with E-state index in [1.54, 1.807) is 13.8 Å². The highest BCUT2D eigenvalue weighted by atomic mass is 79.9. The Morgan fingerprint density at radius 1 is 1.50 bits per heavy atom. The topological polar surface area (TPSA) is 81.1 Å². The highest BCUT2D eigenvalue weighted by Crippen LogP contribution is 2.20. The molecule has 1 aromatic rings. The number of sulfone groups is 1. The minimum atomic E-state index is -3.19. The molecule has 0 radical (unpaired) electrons. The van der Waals surface area contributed by atoms with Crippen LogP contribution in [0.4, 0.5) is 5.69 Å². The summed E-state index contributed by atoms with van der Waals surface area (Å²) < 4.78 is 23.7. The summed E-state index contributed by atoms with van der Waals surface area (Å²) in [5, 5.41) is 6.79. The van der Waals surface area contributed by atoms with Crippen molar-refractivity contribution in [2.75, 3.05) is 18.1 Å². The monoisotopic (exact) mass is 337 g/mol. The van der Waals surface area contributed by atoms with Gasteiger partial charge < -0.3 is 5.32 Å². The summed E-state index contributed by atoms with van der Waals surface area (Å²) in [5.74, 6) is 0. The van der Waals surface area contributed by atoms with E-state index >= 15 is 0 Å². The van der Waals surface area contributed by atoms with Crippen LogP contribution < -0.4 is 10.9 Å². The molecule has 0 amide bonds. The molecule has 0 spiro atoms. The van der Waals surface area contributed by atoms with Gasteiger partial charge in [-0.25, -0.2) is 13.1 Å². The third-order valence-corrected chi connectivity index (χ3v) is 5.70. The zero-order valence-corrected chi connectivity index (χ0v) is 13.1. The zero-order chi connectivity index (χ0) is 14.1. The first kappa shape index (κ1) is 15.2. The fraction of sp³-hybridized carbons (Fsp3) is 0.600. The maximum Gasteiger partial charge on any atom is 0.282 e. The fourth-order valence-corrected chi connectivity index (χ4v) is 1.91. The molecule has 0 saturated heterocycles. The normalized spacial score (nSPS) is 12.5. The van der Waals surface area contributed by atoms with Gasteiger partial charge >= 0.3 is 0 Å². The first-order valence-electron chi connectivity index (χ1n) is 5.21. The van der Waals surface area contributed by atoms with Crippen molar-refractivity contribution in [3.63, 3.8) is 0 Å². The molecule has 0 aliphatic carbocycles. The highest BCUT2D eigenvalue weighted by Gasteiger charge is 2.30. The van der Waals surface area contributed by atoms with Gasteiger partial charge in [-0.15, -0.1) is 0 Å². The van der Waals surface area contributed by atoms with Crippen LogP contribution in [-0.4, -0.2) is 35.7 Å². The number of halogens is 1. The lowest BCUT2D eigenvalue weighted by Gasteiger charge is -2.23. The number of aryl methyl sites for hydroxylation is 1. The molecule has 18 heavy (non-hydrogen) atoms. The predicted octanol–water partition coefficient (Wildman–Crippen LogP) is 0.778. The lowest BCUT2D eigenvalue weighted by Crippen LogP contribution is -2.38. The quantitative estimate of drug-likeness (QED) is 0.877. The van der Waals surface area contributed by atoms with Crippen molar-refractivity contribution in [3.8, 4) is 0 Å². The number of hydrogen-bond acceptors (Lipinski definition) is 5. The van der Waals surface area contributed by atoms with Gasteiger partial charge in [0.15, 0.2) is 9.84 Å². The van der Waals surface area contributed by atoms with Gasteiger partial charge in [-0.05, 0) is 29.8 Å². The summed E-state index contributed by atoms with van der Waals surface area (Å²) in [6, 6.07) is 0. The third kappa shape index (κ3) is 3.11. The first-order chi connectivity index (χ1) is 8.06. The van der Waals surface area contributed by atoms with Gasteiger partial charge in [0.05, 0.1) is 16.6 Å². The Bertz CT molecular complexity index is 607. The molecule has 0 aliphatic rings. The van der Waals surface area contributed by atoms with Gasteiger partial charge in [0, 0.05) is 19.8 Å². The van der Waals surface area contributed by atoms with E-state index in [1.807, 2.05) is 0 Å². The van der Waals surface area contributed by atoms with E-state index in [9.17, 15) is 13.2 Å². The van der Waals surface area contributed by atoms with E-state index in [2.05, 4.69) is 26.3 Å². The van der Waals surface area contributed by atoms with Gasteiger partial charge in [-0.3, -0.25) is 4.79 Å². The largest absolute Gasteiger partial charge is 0.381 e. The molecule has 1 heterocycles. The SMILES string of the molecule is Cn1ncc(NCC(C)(C)S(C)(=O)=O)c(Br)c1=O. The van der Waals surface area contributed by atoms with E-state index in [-0.39, 0.29) is 12.1 Å². The Labute approximate surface area is 114 Å². The Kier molecular flexibility index (Phi) is 4.22. The molecule has 0 aromatic carbocycles. The van der Waals surface area contributed by atoms with Crippen LogP contribution in [-0.2, 0) is 16.9 Å². The number of anilines is 1. The summed E-state index contributed by atoms with van der Waals surface area (Å²) in [4.78, 5) is 11.6. The molecule has 0 aliphatic heterocycles. The highest BCUT2D eigenvalue weighted by molar-refractivity contribution is 9.10. The van der Waals surface area contributed by atoms with E-state index in [1.165, 1.54) is 24.2 Å². The molecule has 1 rings (SSSR count). The second-order valence-electron chi connectivity index (χ2n) is 4.69. The second kappa shape index (κ2) is 5.00. The van der Waals surface area contributed by atoms with E-state index in [0.29, 0.717) is 10.2 Å². The molecule has 0 bridgehead atoms. The Balaban J connectivity index is 2.96. The van der Waals surface area contributed by atoms with Crippen LogP contribution in [0, 0.1) is 0 Å². The average Bonchev–Trinajstić information content (AvgIpc) is 2.23. The molecule has 0 saturated carbocycles. The Morgan fingerprint density at radius 3 is 2.56 bits per heavy atom. The number of rotatable bonds is 4. The van der Waals surface area contributed by atoms with Crippen LogP contribution in [0.5, 0.6) is 0 Å². The number of aromatic nitrogens is 2. The average molecular weight is 338 g/mol. The van der Waals surface area contributed by atoms with E-state index < -0.39 is 14.6 Å². The van der Waals surface area contributed by atoms with Crippen LogP contribution in [0.1, 0.15) is 13.8 Å². The van der Waals surface area contributed by atoms with E-state index in [4.69, 9.17) is 0 Å². The lowest BCUT2D eigenvalue weighted by atomic mass is 10.2. The van der Waals surface area contributed by atoms with Gasteiger partial charge in [-0.2, -0.15) is 5.10 Å². The van der Waals surface area contributed by atoms with Crippen LogP contribution in [0.25, 0.3) is 0 Å². The van der Waals surface area contributed by atoms with Crippen molar-refractivity contribution in [1.82, 2.24) is 9.78 Å². The molecule has 0 unspecified atom stereocenters. The van der Waals surface area contributed by atoms with Crippen molar-refractivity contribution in [1.29, 1.82) is 0 Å². The second-order valence-corrected chi connectivity index (χ2v) is 8.13. The fourth-order valence-electron chi connectivity index (χ4n) is 1.07. The zero-order valence-electron chi connectivity index (χ0n) is 10.7.